The lowest BCUT2D eigenvalue weighted by molar-refractivity contribution is 0.0694. The van der Waals surface area contributed by atoms with Crippen molar-refractivity contribution < 1.29 is 14.7 Å². The van der Waals surface area contributed by atoms with Gasteiger partial charge in [-0.05, 0) is 60.4 Å². The van der Waals surface area contributed by atoms with E-state index in [1.807, 2.05) is 57.6 Å². The maximum absolute atomic E-state index is 13.0. The maximum Gasteiger partial charge on any atom is 0.335 e. The monoisotopic (exact) mass is 394 g/mol. The molecule has 2 aromatic heterocycles. The summed E-state index contributed by atoms with van der Waals surface area (Å²) in [7, 11) is 0. The standard InChI is InChI=1S/C22H22N2O3S/c25-21(20-19(9-14-28-20)23-10-3-4-11-23)24-12-7-16(8-13-24)15-17-5-1-2-6-18(17)22(26)27/h1-6,9-11,14,16H,7-8,12-13,15H2,(H,26,27). The molecule has 0 radical (unpaired) electrons. The van der Waals surface area contributed by atoms with E-state index in [2.05, 4.69) is 0 Å². The summed E-state index contributed by atoms with van der Waals surface area (Å²) in [6.45, 7) is 1.42. The van der Waals surface area contributed by atoms with E-state index in [1.165, 1.54) is 11.3 Å². The number of likely N-dealkylation sites (tertiary alicyclic amines) is 1. The van der Waals surface area contributed by atoms with Gasteiger partial charge in [0.25, 0.3) is 5.91 Å². The molecule has 1 aromatic carbocycles. The molecule has 1 fully saturated rings. The van der Waals surface area contributed by atoms with E-state index in [0.717, 1.165) is 35.4 Å². The summed E-state index contributed by atoms with van der Waals surface area (Å²) in [4.78, 5) is 27.1. The third kappa shape index (κ3) is 3.73. The van der Waals surface area contributed by atoms with E-state index >= 15 is 0 Å². The normalized spacial score (nSPS) is 14.9. The third-order valence-electron chi connectivity index (χ3n) is 5.38. The van der Waals surface area contributed by atoms with Crippen molar-refractivity contribution in [2.24, 2.45) is 5.92 Å². The van der Waals surface area contributed by atoms with Crippen LogP contribution in [0, 0.1) is 5.92 Å². The van der Waals surface area contributed by atoms with Crippen LogP contribution in [0.3, 0.4) is 0 Å². The minimum Gasteiger partial charge on any atom is -0.478 e. The topological polar surface area (TPSA) is 62.5 Å². The average Bonchev–Trinajstić information content (AvgIpc) is 3.40. The maximum atomic E-state index is 13.0. The molecule has 4 rings (SSSR count). The first-order valence-corrected chi connectivity index (χ1v) is 10.3. The minimum atomic E-state index is -0.876. The number of aromatic nitrogens is 1. The molecule has 5 nitrogen and oxygen atoms in total. The zero-order chi connectivity index (χ0) is 19.5. The highest BCUT2D eigenvalue weighted by atomic mass is 32.1. The summed E-state index contributed by atoms with van der Waals surface area (Å²) in [5, 5.41) is 11.3. The Kier molecular flexibility index (Phi) is 5.30. The molecule has 0 bridgehead atoms. The lowest BCUT2D eigenvalue weighted by Gasteiger charge is -2.32. The number of benzene rings is 1. The van der Waals surface area contributed by atoms with Crippen LogP contribution in [0.2, 0.25) is 0 Å². The molecule has 0 unspecified atom stereocenters. The van der Waals surface area contributed by atoms with Crippen molar-refractivity contribution in [1.82, 2.24) is 9.47 Å². The molecule has 1 N–H and O–H groups in total. The van der Waals surface area contributed by atoms with Crippen LogP contribution in [0.1, 0.15) is 38.4 Å². The fourth-order valence-electron chi connectivity index (χ4n) is 3.86. The summed E-state index contributed by atoms with van der Waals surface area (Å²) in [5.74, 6) is -0.390. The number of hydrogen-bond acceptors (Lipinski definition) is 3. The average molecular weight is 394 g/mol. The van der Waals surface area contributed by atoms with Gasteiger partial charge < -0.3 is 14.6 Å². The van der Waals surface area contributed by atoms with Crippen LogP contribution in [-0.2, 0) is 6.42 Å². The van der Waals surface area contributed by atoms with E-state index < -0.39 is 5.97 Å². The fourth-order valence-corrected chi connectivity index (χ4v) is 4.72. The van der Waals surface area contributed by atoms with E-state index in [9.17, 15) is 14.7 Å². The van der Waals surface area contributed by atoms with Gasteiger partial charge in [0.05, 0.1) is 11.3 Å². The predicted molar refractivity (Wildman–Crippen MR) is 109 cm³/mol. The Labute approximate surface area is 167 Å². The molecule has 0 aliphatic carbocycles. The molecule has 0 spiro atoms. The summed E-state index contributed by atoms with van der Waals surface area (Å²) in [6.07, 6.45) is 6.43. The van der Waals surface area contributed by atoms with Gasteiger partial charge in [-0.2, -0.15) is 0 Å². The number of nitrogens with zero attached hydrogens (tertiary/aromatic N) is 2. The van der Waals surface area contributed by atoms with E-state index in [4.69, 9.17) is 0 Å². The van der Waals surface area contributed by atoms with Crippen molar-refractivity contribution in [1.29, 1.82) is 0 Å². The highest BCUT2D eigenvalue weighted by Gasteiger charge is 2.27. The quantitative estimate of drug-likeness (QED) is 0.700. The van der Waals surface area contributed by atoms with Gasteiger partial charge in [-0.25, -0.2) is 4.79 Å². The van der Waals surface area contributed by atoms with Crippen molar-refractivity contribution in [2.45, 2.75) is 19.3 Å². The second-order valence-electron chi connectivity index (χ2n) is 7.13. The lowest BCUT2D eigenvalue weighted by atomic mass is 9.88. The van der Waals surface area contributed by atoms with Crippen LogP contribution in [0.4, 0.5) is 0 Å². The first-order valence-electron chi connectivity index (χ1n) is 9.45. The van der Waals surface area contributed by atoms with Gasteiger partial charge in [-0.3, -0.25) is 4.79 Å². The zero-order valence-corrected chi connectivity index (χ0v) is 16.3. The Balaban J connectivity index is 1.41. The number of thiophene rings is 1. The first-order chi connectivity index (χ1) is 13.6. The number of rotatable bonds is 5. The summed E-state index contributed by atoms with van der Waals surface area (Å²) >= 11 is 1.48. The Morgan fingerprint density at radius 2 is 1.75 bits per heavy atom. The third-order valence-corrected chi connectivity index (χ3v) is 6.27. The Bertz CT molecular complexity index is 969. The predicted octanol–water partition coefficient (Wildman–Crippen LogP) is 4.33. The Hall–Kier alpha value is -2.86. The SMILES string of the molecule is O=C(O)c1ccccc1CC1CCN(C(=O)c2sccc2-n2cccc2)CC1. The van der Waals surface area contributed by atoms with Crippen molar-refractivity contribution in [3.63, 3.8) is 0 Å². The molecule has 3 heterocycles. The number of carbonyl (C=O) groups excluding carboxylic acids is 1. The van der Waals surface area contributed by atoms with Gasteiger partial charge in [0.1, 0.15) is 4.88 Å². The number of amides is 1. The van der Waals surface area contributed by atoms with Crippen LogP contribution in [0.5, 0.6) is 0 Å². The van der Waals surface area contributed by atoms with E-state index in [0.29, 0.717) is 24.6 Å². The summed E-state index contributed by atoms with van der Waals surface area (Å²) < 4.78 is 1.97. The highest BCUT2D eigenvalue weighted by Crippen LogP contribution is 2.28. The number of carboxylic acid groups (broad SMARTS) is 1. The molecule has 1 amide bonds. The molecule has 6 heteroatoms. The molecule has 0 saturated carbocycles. The Morgan fingerprint density at radius 3 is 2.46 bits per heavy atom. The second kappa shape index (κ2) is 8.02. The Morgan fingerprint density at radius 1 is 1.04 bits per heavy atom. The molecular formula is C22H22N2O3S. The van der Waals surface area contributed by atoms with Gasteiger partial charge in [0.2, 0.25) is 0 Å². The smallest absolute Gasteiger partial charge is 0.335 e. The molecule has 3 aromatic rings. The van der Waals surface area contributed by atoms with Crippen LogP contribution in [0.15, 0.2) is 60.2 Å². The number of aromatic carboxylic acids is 1. The van der Waals surface area contributed by atoms with Crippen molar-refractivity contribution in [3.8, 4) is 5.69 Å². The van der Waals surface area contributed by atoms with Gasteiger partial charge in [0.15, 0.2) is 0 Å². The molecule has 1 aliphatic heterocycles. The van der Waals surface area contributed by atoms with Crippen molar-refractivity contribution in [2.75, 3.05) is 13.1 Å². The molecule has 144 valence electrons. The largest absolute Gasteiger partial charge is 0.478 e. The van der Waals surface area contributed by atoms with Crippen LogP contribution in [0.25, 0.3) is 5.69 Å². The molecule has 28 heavy (non-hydrogen) atoms. The molecule has 0 atom stereocenters. The van der Waals surface area contributed by atoms with Gasteiger partial charge in [-0.15, -0.1) is 11.3 Å². The van der Waals surface area contributed by atoms with Crippen LogP contribution < -0.4 is 0 Å². The lowest BCUT2D eigenvalue weighted by Crippen LogP contribution is -2.39. The van der Waals surface area contributed by atoms with Crippen LogP contribution in [-0.4, -0.2) is 39.5 Å². The van der Waals surface area contributed by atoms with Gasteiger partial charge in [0, 0.05) is 25.5 Å². The molecule has 1 saturated heterocycles. The van der Waals surface area contributed by atoms with Gasteiger partial charge >= 0.3 is 5.97 Å². The van der Waals surface area contributed by atoms with Gasteiger partial charge in [-0.1, -0.05) is 18.2 Å². The number of hydrogen-bond donors (Lipinski definition) is 1. The molecular weight excluding hydrogens is 372 g/mol. The van der Waals surface area contributed by atoms with E-state index in [1.54, 1.807) is 12.1 Å². The van der Waals surface area contributed by atoms with Crippen LogP contribution >= 0.6 is 11.3 Å². The summed E-state index contributed by atoms with van der Waals surface area (Å²) in [5.41, 5.74) is 2.20. The highest BCUT2D eigenvalue weighted by molar-refractivity contribution is 7.12. The molecule has 1 aliphatic rings. The number of carbonyl (C=O) groups is 2. The number of carboxylic acids is 1. The summed E-state index contributed by atoms with van der Waals surface area (Å²) in [6, 6.07) is 13.1. The first kappa shape index (κ1) is 18.5. The second-order valence-corrected chi connectivity index (χ2v) is 8.04. The van der Waals surface area contributed by atoms with Crippen molar-refractivity contribution in [3.05, 3.63) is 76.2 Å². The zero-order valence-electron chi connectivity index (χ0n) is 15.5. The fraction of sp³-hybridized carbons (Fsp3) is 0.273. The van der Waals surface area contributed by atoms with E-state index in [-0.39, 0.29) is 5.91 Å². The minimum absolute atomic E-state index is 0.0862. The van der Waals surface area contributed by atoms with Crippen molar-refractivity contribution >= 4 is 23.2 Å². The number of piperidine rings is 1.